The number of carboxylic acids is 1. The first-order valence-corrected chi connectivity index (χ1v) is 12.3. The highest BCUT2D eigenvalue weighted by Gasteiger charge is 2.35. The lowest BCUT2D eigenvalue weighted by atomic mass is 9.86. The van der Waals surface area contributed by atoms with E-state index in [0.717, 1.165) is 46.7 Å². The lowest BCUT2D eigenvalue weighted by Crippen LogP contribution is -2.35. The first-order chi connectivity index (χ1) is 16.3. The average Bonchev–Trinajstić information content (AvgIpc) is 3.46. The van der Waals surface area contributed by atoms with E-state index in [9.17, 15) is 9.90 Å². The molecule has 4 heteroatoms. The van der Waals surface area contributed by atoms with Crippen LogP contribution in [-0.2, 0) is 16.6 Å². The van der Waals surface area contributed by atoms with Crippen molar-refractivity contribution in [2.24, 2.45) is 0 Å². The molecule has 3 aromatic carbocycles. The van der Waals surface area contributed by atoms with Crippen LogP contribution in [0.25, 0.3) is 11.1 Å². The Morgan fingerprint density at radius 3 is 2.18 bits per heavy atom. The van der Waals surface area contributed by atoms with Gasteiger partial charge in [0, 0.05) is 17.8 Å². The van der Waals surface area contributed by atoms with Crippen molar-refractivity contribution in [2.45, 2.75) is 70.4 Å². The molecule has 1 fully saturated rings. The van der Waals surface area contributed by atoms with E-state index >= 15 is 0 Å². The Labute approximate surface area is 202 Å². The third-order valence-corrected chi connectivity index (χ3v) is 7.15. The number of aliphatic carboxylic acids is 1. The maximum absolute atomic E-state index is 12.2. The summed E-state index contributed by atoms with van der Waals surface area (Å²) in [7, 11) is 0. The summed E-state index contributed by atoms with van der Waals surface area (Å²) in [6, 6.07) is 22.3. The second-order valence-corrected chi connectivity index (χ2v) is 10.6. The van der Waals surface area contributed by atoms with Gasteiger partial charge in [-0.1, -0.05) is 51.1 Å². The van der Waals surface area contributed by atoms with Crippen molar-refractivity contribution < 1.29 is 14.6 Å². The SMILES string of the molecule is CC(C)(C)c1ccc(-c2ccc3c(c2)CC(C(=O)O)N3c2ccc(OC3CCCC3)cc2)cc1. The molecule has 2 aliphatic rings. The van der Waals surface area contributed by atoms with E-state index in [2.05, 4.69) is 63.2 Å². The number of nitrogens with zero attached hydrogens (tertiary/aromatic N) is 1. The lowest BCUT2D eigenvalue weighted by Gasteiger charge is -2.25. The highest BCUT2D eigenvalue weighted by atomic mass is 16.5. The summed E-state index contributed by atoms with van der Waals surface area (Å²) in [4.78, 5) is 14.1. The van der Waals surface area contributed by atoms with Crippen LogP contribution >= 0.6 is 0 Å². The van der Waals surface area contributed by atoms with E-state index in [4.69, 9.17) is 4.74 Å². The average molecular weight is 456 g/mol. The van der Waals surface area contributed by atoms with Crippen LogP contribution in [0.5, 0.6) is 5.75 Å². The number of hydrogen-bond donors (Lipinski definition) is 1. The summed E-state index contributed by atoms with van der Waals surface area (Å²) in [6.07, 6.45) is 5.49. The Morgan fingerprint density at radius 2 is 1.56 bits per heavy atom. The Morgan fingerprint density at radius 1 is 0.912 bits per heavy atom. The molecule has 1 saturated carbocycles. The van der Waals surface area contributed by atoms with E-state index in [1.807, 2.05) is 29.2 Å². The molecule has 0 amide bonds. The molecule has 1 aliphatic heterocycles. The number of hydrogen-bond acceptors (Lipinski definition) is 3. The van der Waals surface area contributed by atoms with Gasteiger partial charge >= 0.3 is 5.97 Å². The Hall–Kier alpha value is -3.27. The molecule has 34 heavy (non-hydrogen) atoms. The Bertz CT molecular complexity index is 1170. The summed E-state index contributed by atoms with van der Waals surface area (Å²) in [5.41, 5.74) is 6.59. The summed E-state index contributed by atoms with van der Waals surface area (Å²) in [6.45, 7) is 6.64. The predicted octanol–water partition coefficient (Wildman–Crippen LogP) is 7.12. The molecular weight excluding hydrogens is 422 g/mol. The van der Waals surface area contributed by atoms with Crippen LogP contribution in [0.3, 0.4) is 0 Å². The first kappa shape index (κ1) is 22.5. The molecule has 4 nitrogen and oxygen atoms in total. The van der Waals surface area contributed by atoms with Crippen molar-refractivity contribution in [3.8, 4) is 16.9 Å². The van der Waals surface area contributed by atoms with Gasteiger partial charge in [-0.05, 0) is 89.8 Å². The van der Waals surface area contributed by atoms with Gasteiger partial charge in [-0.15, -0.1) is 0 Å². The van der Waals surface area contributed by atoms with Crippen LogP contribution in [0.15, 0.2) is 66.7 Å². The molecule has 0 radical (unpaired) electrons. The summed E-state index contributed by atoms with van der Waals surface area (Å²) < 4.78 is 6.10. The van der Waals surface area contributed by atoms with Gasteiger partial charge in [0.2, 0.25) is 0 Å². The molecule has 0 aromatic heterocycles. The molecule has 1 aliphatic carbocycles. The van der Waals surface area contributed by atoms with Crippen molar-refractivity contribution >= 4 is 17.3 Å². The van der Waals surface area contributed by atoms with E-state index in [-0.39, 0.29) is 5.41 Å². The largest absolute Gasteiger partial charge is 0.490 e. The third kappa shape index (κ3) is 4.42. The van der Waals surface area contributed by atoms with Crippen LogP contribution in [-0.4, -0.2) is 23.2 Å². The predicted molar refractivity (Wildman–Crippen MR) is 137 cm³/mol. The zero-order valence-corrected chi connectivity index (χ0v) is 20.3. The van der Waals surface area contributed by atoms with E-state index in [1.54, 1.807) is 0 Å². The van der Waals surface area contributed by atoms with Gasteiger partial charge in [-0.3, -0.25) is 0 Å². The topological polar surface area (TPSA) is 49.8 Å². The summed E-state index contributed by atoms with van der Waals surface area (Å²) in [5.74, 6) is 0.0505. The molecule has 1 unspecified atom stereocenters. The fourth-order valence-electron chi connectivity index (χ4n) is 5.19. The fourth-order valence-corrected chi connectivity index (χ4v) is 5.19. The van der Waals surface area contributed by atoms with E-state index in [1.165, 1.54) is 18.4 Å². The molecular formula is C30H33NO3. The summed E-state index contributed by atoms with van der Waals surface area (Å²) in [5, 5.41) is 9.99. The van der Waals surface area contributed by atoms with Crippen molar-refractivity contribution in [2.75, 3.05) is 4.90 Å². The number of anilines is 2. The van der Waals surface area contributed by atoms with Gasteiger partial charge in [-0.2, -0.15) is 0 Å². The Balaban J connectivity index is 1.42. The van der Waals surface area contributed by atoms with Gasteiger partial charge in [0.15, 0.2) is 0 Å². The second kappa shape index (κ2) is 8.83. The van der Waals surface area contributed by atoms with Gasteiger partial charge in [0.05, 0.1) is 6.10 Å². The minimum Gasteiger partial charge on any atom is -0.490 e. The fraction of sp³-hybridized carbons (Fsp3) is 0.367. The first-order valence-electron chi connectivity index (χ1n) is 12.3. The highest BCUT2D eigenvalue weighted by molar-refractivity contribution is 5.88. The zero-order chi connectivity index (χ0) is 23.9. The van der Waals surface area contributed by atoms with Gasteiger partial charge in [-0.25, -0.2) is 4.79 Å². The molecule has 0 spiro atoms. The Kier molecular flexibility index (Phi) is 5.85. The van der Waals surface area contributed by atoms with Crippen LogP contribution < -0.4 is 9.64 Å². The molecule has 0 bridgehead atoms. The quantitative estimate of drug-likeness (QED) is 0.445. The van der Waals surface area contributed by atoms with Crippen LogP contribution in [0, 0.1) is 0 Å². The normalized spacial score (nSPS) is 18.2. The number of ether oxygens (including phenoxy) is 1. The van der Waals surface area contributed by atoms with Gasteiger partial charge < -0.3 is 14.7 Å². The van der Waals surface area contributed by atoms with Crippen molar-refractivity contribution in [1.29, 1.82) is 0 Å². The minimum absolute atomic E-state index is 0.114. The van der Waals surface area contributed by atoms with Crippen molar-refractivity contribution in [1.82, 2.24) is 0 Å². The number of carbonyl (C=O) groups is 1. The highest BCUT2D eigenvalue weighted by Crippen LogP contribution is 2.41. The number of benzene rings is 3. The van der Waals surface area contributed by atoms with Crippen LogP contribution in [0.1, 0.15) is 57.6 Å². The molecule has 1 heterocycles. The van der Waals surface area contributed by atoms with Crippen molar-refractivity contribution in [3.05, 3.63) is 77.9 Å². The van der Waals surface area contributed by atoms with Crippen LogP contribution in [0.2, 0.25) is 0 Å². The van der Waals surface area contributed by atoms with Crippen LogP contribution in [0.4, 0.5) is 11.4 Å². The second-order valence-electron chi connectivity index (χ2n) is 10.6. The molecule has 1 atom stereocenters. The lowest BCUT2D eigenvalue weighted by molar-refractivity contribution is -0.138. The maximum Gasteiger partial charge on any atom is 0.327 e. The standard InChI is InChI=1S/C30H33NO3/c1-30(2,3)23-11-8-20(9-12-23)21-10-17-27-22(18-21)19-28(29(32)33)31(27)24-13-15-26(16-14-24)34-25-6-4-5-7-25/h8-18,25,28H,4-7,19H2,1-3H3,(H,32,33). The monoisotopic (exact) mass is 455 g/mol. The molecule has 0 saturated heterocycles. The zero-order valence-electron chi connectivity index (χ0n) is 20.3. The molecule has 1 N–H and O–H groups in total. The molecule has 3 aromatic rings. The molecule has 5 rings (SSSR count). The van der Waals surface area contributed by atoms with E-state index in [0.29, 0.717) is 12.5 Å². The summed E-state index contributed by atoms with van der Waals surface area (Å²) >= 11 is 0. The maximum atomic E-state index is 12.2. The van der Waals surface area contributed by atoms with Gasteiger partial charge in [0.25, 0.3) is 0 Å². The smallest absolute Gasteiger partial charge is 0.327 e. The molecule has 176 valence electrons. The number of fused-ring (bicyclic) bond motifs is 1. The number of rotatable bonds is 5. The number of carboxylic acid groups (broad SMARTS) is 1. The minimum atomic E-state index is -0.807. The van der Waals surface area contributed by atoms with Crippen molar-refractivity contribution in [3.63, 3.8) is 0 Å². The van der Waals surface area contributed by atoms with E-state index < -0.39 is 12.0 Å². The third-order valence-electron chi connectivity index (χ3n) is 7.15. The van der Waals surface area contributed by atoms with Gasteiger partial charge in [0.1, 0.15) is 11.8 Å².